The molecule has 1 nitrogen and oxygen atoms in total. The van der Waals surface area contributed by atoms with Crippen LogP contribution in [0.25, 0.3) is 0 Å². The molecule has 72 valence electrons. The average Bonchev–Trinajstić information content (AvgIpc) is 2.18. The zero-order chi connectivity index (χ0) is 9.68. The van der Waals surface area contributed by atoms with Crippen LogP contribution < -0.4 is 4.72 Å². The van der Waals surface area contributed by atoms with Gasteiger partial charge in [0.1, 0.15) is 0 Å². The Morgan fingerprint density at radius 3 is 2.08 bits per heavy atom. The smallest absolute Gasteiger partial charge is 0.0504 e. The van der Waals surface area contributed by atoms with Crippen LogP contribution in [0.5, 0.6) is 0 Å². The molecule has 0 aliphatic carbocycles. The highest BCUT2D eigenvalue weighted by atomic mass is 32.2. The van der Waals surface area contributed by atoms with Gasteiger partial charge in [0.15, 0.2) is 0 Å². The second-order valence-electron chi connectivity index (χ2n) is 2.96. The lowest BCUT2D eigenvalue weighted by Gasteiger charge is -2.12. The van der Waals surface area contributed by atoms with E-state index < -0.39 is 0 Å². The molecule has 0 aliphatic heterocycles. The fraction of sp³-hybridized carbons (Fsp3) is 0.455. The summed E-state index contributed by atoms with van der Waals surface area (Å²) in [6.07, 6.45) is 4.25. The molecule has 0 saturated heterocycles. The Morgan fingerprint density at radius 1 is 1.15 bits per heavy atom. The van der Waals surface area contributed by atoms with Crippen molar-refractivity contribution in [1.82, 2.24) is 0 Å². The molecule has 0 bridgehead atoms. The van der Waals surface area contributed by atoms with Gasteiger partial charge in [0, 0.05) is 6.26 Å². The number of hydrogen-bond acceptors (Lipinski definition) is 2. The molecule has 0 amide bonds. The molecule has 1 aromatic rings. The minimum absolute atomic E-state index is 1.09. The molecule has 13 heavy (non-hydrogen) atoms. The van der Waals surface area contributed by atoms with Gasteiger partial charge >= 0.3 is 0 Å². The van der Waals surface area contributed by atoms with Crippen LogP contribution in [-0.2, 0) is 12.8 Å². The summed E-state index contributed by atoms with van der Waals surface area (Å²) in [5, 5.41) is 0. The van der Waals surface area contributed by atoms with Crippen molar-refractivity contribution >= 4 is 17.6 Å². The first kappa shape index (κ1) is 10.5. The fourth-order valence-corrected chi connectivity index (χ4v) is 1.94. The van der Waals surface area contributed by atoms with E-state index in [9.17, 15) is 0 Å². The summed E-state index contributed by atoms with van der Waals surface area (Å²) in [5.74, 6) is 0. The minimum Gasteiger partial charge on any atom is -0.329 e. The summed E-state index contributed by atoms with van der Waals surface area (Å²) in [7, 11) is 0. The number of nitrogens with one attached hydrogen (secondary N) is 1. The van der Waals surface area contributed by atoms with Crippen LogP contribution in [-0.4, -0.2) is 6.26 Å². The van der Waals surface area contributed by atoms with Crippen molar-refractivity contribution in [3.05, 3.63) is 29.3 Å². The second kappa shape index (κ2) is 5.18. The van der Waals surface area contributed by atoms with Gasteiger partial charge in [-0.15, -0.1) is 0 Å². The van der Waals surface area contributed by atoms with Gasteiger partial charge < -0.3 is 4.72 Å². The third-order valence-electron chi connectivity index (χ3n) is 2.20. The normalized spacial score (nSPS) is 10.1. The molecule has 0 fully saturated rings. The highest BCUT2D eigenvalue weighted by molar-refractivity contribution is 7.99. The molecule has 0 radical (unpaired) electrons. The van der Waals surface area contributed by atoms with Crippen LogP contribution in [0.2, 0.25) is 0 Å². The van der Waals surface area contributed by atoms with Crippen molar-refractivity contribution < 1.29 is 0 Å². The third kappa shape index (κ3) is 2.41. The van der Waals surface area contributed by atoms with E-state index >= 15 is 0 Å². The predicted octanol–water partition coefficient (Wildman–Crippen LogP) is 3.50. The zero-order valence-electron chi connectivity index (χ0n) is 8.55. The van der Waals surface area contributed by atoms with Crippen molar-refractivity contribution in [3.63, 3.8) is 0 Å². The quantitative estimate of drug-likeness (QED) is 0.738. The second-order valence-corrected chi connectivity index (χ2v) is 3.58. The molecule has 0 aromatic heterocycles. The third-order valence-corrected chi connectivity index (χ3v) is 2.61. The van der Waals surface area contributed by atoms with E-state index in [1.165, 1.54) is 16.8 Å². The topological polar surface area (TPSA) is 12.0 Å². The van der Waals surface area contributed by atoms with E-state index in [-0.39, 0.29) is 0 Å². The summed E-state index contributed by atoms with van der Waals surface area (Å²) in [5.41, 5.74) is 4.14. The van der Waals surface area contributed by atoms with E-state index in [0.29, 0.717) is 0 Å². The summed E-state index contributed by atoms with van der Waals surface area (Å²) in [4.78, 5) is 0. The van der Waals surface area contributed by atoms with Crippen LogP contribution in [0.1, 0.15) is 25.0 Å². The maximum atomic E-state index is 3.36. The number of rotatable bonds is 4. The standard InChI is InChI=1S/C11H17NS/c1-4-9-7-6-8-10(5-2)11(9)12-13-3/h6-8,12H,4-5H2,1-3H3. The van der Waals surface area contributed by atoms with Crippen molar-refractivity contribution in [2.75, 3.05) is 11.0 Å². The fourth-order valence-electron chi connectivity index (χ4n) is 1.48. The Kier molecular flexibility index (Phi) is 4.16. The molecule has 0 unspecified atom stereocenters. The molecular formula is C11H17NS. The molecule has 0 spiro atoms. The van der Waals surface area contributed by atoms with Gasteiger partial charge in [0.2, 0.25) is 0 Å². The Balaban J connectivity index is 3.05. The Labute approximate surface area is 85.1 Å². The van der Waals surface area contributed by atoms with Crippen LogP contribution in [0, 0.1) is 0 Å². The number of benzene rings is 1. The molecule has 1 rings (SSSR count). The average molecular weight is 195 g/mol. The first-order chi connectivity index (χ1) is 6.33. The molecular weight excluding hydrogens is 178 g/mol. The van der Waals surface area contributed by atoms with Gasteiger partial charge in [-0.2, -0.15) is 0 Å². The molecule has 0 atom stereocenters. The summed E-state index contributed by atoms with van der Waals surface area (Å²) in [6.45, 7) is 4.39. The zero-order valence-corrected chi connectivity index (χ0v) is 9.37. The van der Waals surface area contributed by atoms with Crippen molar-refractivity contribution in [3.8, 4) is 0 Å². The number of hydrogen-bond donors (Lipinski definition) is 1. The molecule has 0 aliphatic rings. The molecule has 1 N–H and O–H groups in total. The molecule has 2 heteroatoms. The van der Waals surface area contributed by atoms with Gasteiger partial charge in [-0.1, -0.05) is 44.0 Å². The maximum Gasteiger partial charge on any atom is 0.0504 e. The summed E-state index contributed by atoms with van der Waals surface area (Å²) in [6, 6.07) is 6.53. The highest BCUT2D eigenvalue weighted by Crippen LogP contribution is 2.24. The van der Waals surface area contributed by atoms with Gasteiger partial charge in [0.05, 0.1) is 5.69 Å². The highest BCUT2D eigenvalue weighted by Gasteiger charge is 2.03. The van der Waals surface area contributed by atoms with Crippen LogP contribution in [0.4, 0.5) is 5.69 Å². The van der Waals surface area contributed by atoms with Gasteiger partial charge in [-0.25, -0.2) is 0 Å². The van der Waals surface area contributed by atoms with E-state index in [1.807, 2.05) is 0 Å². The first-order valence-electron chi connectivity index (χ1n) is 4.73. The lowest BCUT2D eigenvalue weighted by Crippen LogP contribution is -1.96. The molecule has 0 saturated carbocycles. The van der Waals surface area contributed by atoms with Crippen LogP contribution in [0.15, 0.2) is 18.2 Å². The van der Waals surface area contributed by atoms with Gasteiger partial charge in [0.25, 0.3) is 0 Å². The molecule has 0 heterocycles. The Morgan fingerprint density at radius 2 is 1.69 bits per heavy atom. The summed E-state index contributed by atoms with van der Waals surface area (Å²) >= 11 is 1.66. The Hall–Kier alpha value is -0.630. The Bertz CT molecular complexity index is 249. The predicted molar refractivity (Wildman–Crippen MR) is 62.3 cm³/mol. The number of aryl methyl sites for hydroxylation is 2. The van der Waals surface area contributed by atoms with Crippen LogP contribution >= 0.6 is 11.9 Å². The largest absolute Gasteiger partial charge is 0.329 e. The van der Waals surface area contributed by atoms with Crippen molar-refractivity contribution in [1.29, 1.82) is 0 Å². The lowest BCUT2D eigenvalue weighted by atomic mass is 10.0. The SMILES string of the molecule is CCc1cccc(CC)c1NSC. The maximum absolute atomic E-state index is 3.36. The van der Waals surface area contributed by atoms with Crippen LogP contribution in [0.3, 0.4) is 0 Å². The van der Waals surface area contributed by atoms with Crippen molar-refractivity contribution in [2.45, 2.75) is 26.7 Å². The monoisotopic (exact) mass is 195 g/mol. The van der Waals surface area contributed by atoms with Gasteiger partial charge in [-0.05, 0) is 24.0 Å². The van der Waals surface area contributed by atoms with E-state index in [0.717, 1.165) is 12.8 Å². The summed E-state index contributed by atoms with van der Waals surface area (Å²) < 4.78 is 3.36. The molecule has 1 aromatic carbocycles. The lowest BCUT2D eigenvalue weighted by molar-refractivity contribution is 1.09. The van der Waals surface area contributed by atoms with Crippen molar-refractivity contribution in [2.24, 2.45) is 0 Å². The van der Waals surface area contributed by atoms with Gasteiger partial charge in [-0.3, -0.25) is 0 Å². The van der Waals surface area contributed by atoms with E-state index in [1.54, 1.807) is 11.9 Å². The first-order valence-corrected chi connectivity index (χ1v) is 5.95. The van der Waals surface area contributed by atoms with E-state index in [2.05, 4.69) is 43.0 Å². The number of anilines is 1. The number of para-hydroxylation sites is 1. The van der Waals surface area contributed by atoms with E-state index in [4.69, 9.17) is 0 Å². The minimum atomic E-state index is 1.09.